The van der Waals surface area contributed by atoms with E-state index in [0.29, 0.717) is 0 Å². The molecule has 0 bridgehead atoms. The highest BCUT2D eigenvalue weighted by Crippen LogP contribution is 2.14. The van der Waals surface area contributed by atoms with Gasteiger partial charge in [0.2, 0.25) is 0 Å². The molecule has 10 heteroatoms. The largest absolute Gasteiger partial charge is 0.326 e. The second-order valence-corrected chi connectivity index (χ2v) is 5.24. The fourth-order valence-corrected chi connectivity index (χ4v) is 2.35. The molecular weight excluding hydrogens is 292 g/mol. The number of anilines is 1. The van der Waals surface area contributed by atoms with E-state index >= 15 is 0 Å². The van der Waals surface area contributed by atoms with Gasteiger partial charge in [-0.3, -0.25) is 0 Å². The van der Waals surface area contributed by atoms with Crippen LogP contribution in [0.3, 0.4) is 0 Å². The van der Waals surface area contributed by atoms with Crippen molar-refractivity contribution in [3.63, 3.8) is 0 Å². The third-order valence-electron chi connectivity index (χ3n) is 2.18. The van der Waals surface area contributed by atoms with Crippen molar-refractivity contribution in [1.29, 1.82) is 0 Å². The highest BCUT2D eigenvalue weighted by molar-refractivity contribution is 7.92. The Morgan fingerprint density at radius 1 is 1.42 bits per heavy atom. The Kier molecular flexibility index (Phi) is 4.81. The Morgan fingerprint density at radius 3 is 2.74 bits per heavy atom. The molecule has 0 aliphatic heterocycles. The summed E-state index contributed by atoms with van der Waals surface area (Å²) in [6.45, 7) is 0.271. The smallest absolute Gasteiger partial charge is 0.277 e. The van der Waals surface area contributed by atoms with E-state index in [-0.39, 0.29) is 29.8 Å². The monoisotopic (exact) mass is 304 g/mol. The van der Waals surface area contributed by atoms with Crippen LogP contribution in [0.15, 0.2) is 29.2 Å². The number of nitrogens with two attached hydrogens (primary N) is 1. The first-order chi connectivity index (χ1) is 8.51. The van der Waals surface area contributed by atoms with Crippen molar-refractivity contribution in [2.45, 2.75) is 11.4 Å². The summed E-state index contributed by atoms with van der Waals surface area (Å²) in [7, 11) is -2.17. The summed E-state index contributed by atoms with van der Waals surface area (Å²) in [5.41, 5.74) is 6.19. The summed E-state index contributed by atoms with van der Waals surface area (Å²) in [6.07, 6.45) is 0. The summed E-state index contributed by atoms with van der Waals surface area (Å²) >= 11 is 0. The number of sulfonamides is 1. The first-order valence-electron chi connectivity index (χ1n) is 5.07. The fourth-order valence-electron chi connectivity index (χ4n) is 1.34. The van der Waals surface area contributed by atoms with Gasteiger partial charge in [0.1, 0.15) is 0 Å². The molecule has 1 aromatic heterocycles. The van der Waals surface area contributed by atoms with Crippen LogP contribution in [0.4, 0.5) is 5.95 Å². The normalized spacial score (nSPS) is 10.8. The van der Waals surface area contributed by atoms with Crippen LogP contribution in [-0.4, -0.2) is 28.6 Å². The minimum atomic E-state index is -3.72. The van der Waals surface area contributed by atoms with Crippen molar-refractivity contribution < 1.29 is 8.42 Å². The lowest BCUT2D eigenvalue weighted by molar-refractivity contribution is 0.600. The first-order valence-corrected chi connectivity index (χ1v) is 6.55. The topological polar surface area (TPSA) is 116 Å². The molecule has 8 nitrogen and oxygen atoms in total. The summed E-state index contributed by atoms with van der Waals surface area (Å²) in [5.74, 6) is -0.0735. The van der Waals surface area contributed by atoms with E-state index in [1.54, 1.807) is 19.2 Å². The lowest BCUT2D eigenvalue weighted by atomic mass is 10.2. The molecule has 3 N–H and O–H groups in total. The second-order valence-electron chi connectivity index (χ2n) is 3.56. The van der Waals surface area contributed by atoms with Gasteiger partial charge in [-0.2, -0.15) is 4.80 Å². The molecule has 0 saturated heterocycles. The van der Waals surface area contributed by atoms with Crippen molar-refractivity contribution in [1.82, 2.24) is 20.2 Å². The van der Waals surface area contributed by atoms with E-state index in [1.807, 2.05) is 0 Å². The molecule has 104 valence electrons. The summed E-state index contributed by atoms with van der Waals surface area (Å²) in [5, 5.41) is 10.8. The van der Waals surface area contributed by atoms with Gasteiger partial charge in [0, 0.05) is 6.54 Å². The van der Waals surface area contributed by atoms with E-state index in [9.17, 15) is 8.42 Å². The number of halogens is 1. The number of aryl methyl sites for hydroxylation is 1. The third-order valence-corrected chi connectivity index (χ3v) is 3.50. The van der Waals surface area contributed by atoms with Gasteiger partial charge in [-0.05, 0) is 22.9 Å². The van der Waals surface area contributed by atoms with Crippen molar-refractivity contribution >= 4 is 28.4 Å². The number of benzene rings is 1. The molecular formula is C9H13ClN6O2S. The first kappa shape index (κ1) is 15.3. The average Bonchev–Trinajstić information content (AvgIpc) is 2.74. The number of rotatable bonds is 4. The van der Waals surface area contributed by atoms with E-state index in [2.05, 4.69) is 20.1 Å². The molecule has 0 atom stereocenters. The quantitative estimate of drug-likeness (QED) is 0.814. The number of nitrogens with one attached hydrogen (secondary N) is 1. The van der Waals surface area contributed by atoms with Crippen LogP contribution < -0.4 is 10.5 Å². The molecule has 19 heavy (non-hydrogen) atoms. The highest BCUT2D eigenvalue weighted by atomic mass is 35.5. The van der Waals surface area contributed by atoms with Crippen LogP contribution in [0.5, 0.6) is 0 Å². The Labute approximate surface area is 116 Å². The van der Waals surface area contributed by atoms with Gasteiger partial charge in [-0.25, -0.2) is 13.1 Å². The Balaban J connectivity index is 0.00000180. The molecule has 0 aliphatic rings. The maximum Gasteiger partial charge on any atom is 0.277 e. The van der Waals surface area contributed by atoms with Gasteiger partial charge in [-0.1, -0.05) is 17.2 Å². The lowest BCUT2D eigenvalue weighted by Gasteiger charge is -2.05. The Bertz CT molecular complexity index is 656. The molecule has 1 aromatic carbocycles. The standard InChI is InChI=1S/C9H12N6O2S.ClH/c1-15-12-9(11-14-15)13-18(16,17)8-4-2-3-7(5-8)6-10;/h2-5H,6,10H2,1H3,(H,12,13);1H. The van der Waals surface area contributed by atoms with Gasteiger partial charge >= 0.3 is 0 Å². The van der Waals surface area contributed by atoms with Crippen molar-refractivity contribution in [2.24, 2.45) is 12.8 Å². The van der Waals surface area contributed by atoms with Gasteiger partial charge in [0.15, 0.2) is 0 Å². The summed E-state index contributed by atoms with van der Waals surface area (Å²) < 4.78 is 26.3. The molecule has 2 aromatic rings. The molecule has 0 radical (unpaired) electrons. The van der Waals surface area contributed by atoms with Gasteiger partial charge in [0.25, 0.3) is 16.0 Å². The van der Waals surface area contributed by atoms with Crippen LogP contribution in [-0.2, 0) is 23.6 Å². The van der Waals surface area contributed by atoms with Crippen molar-refractivity contribution in [3.05, 3.63) is 29.8 Å². The van der Waals surface area contributed by atoms with Crippen LogP contribution in [0.25, 0.3) is 0 Å². The summed E-state index contributed by atoms with van der Waals surface area (Å²) in [4.78, 5) is 1.27. The van der Waals surface area contributed by atoms with Gasteiger partial charge < -0.3 is 5.73 Å². The van der Waals surface area contributed by atoms with Crippen LogP contribution in [0.2, 0.25) is 0 Å². The van der Waals surface area contributed by atoms with E-state index in [1.165, 1.54) is 12.1 Å². The number of hydrogen-bond acceptors (Lipinski definition) is 6. The minimum Gasteiger partial charge on any atom is -0.326 e. The lowest BCUT2D eigenvalue weighted by Crippen LogP contribution is -2.14. The van der Waals surface area contributed by atoms with Crippen LogP contribution >= 0.6 is 12.4 Å². The number of tetrazole rings is 1. The van der Waals surface area contributed by atoms with Crippen LogP contribution in [0.1, 0.15) is 5.56 Å². The average molecular weight is 305 g/mol. The molecule has 0 unspecified atom stereocenters. The zero-order chi connectivity index (χ0) is 13.2. The number of nitrogens with zero attached hydrogens (tertiary/aromatic N) is 4. The molecule has 0 amide bonds. The second kappa shape index (κ2) is 5.95. The molecule has 2 rings (SSSR count). The number of hydrogen-bond donors (Lipinski definition) is 2. The molecule has 0 fully saturated rings. The molecule has 1 heterocycles. The predicted octanol–water partition coefficient (Wildman–Crippen LogP) is -0.109. The van der Waals surface area contributed by atoms with E-state index in [0.717, 1.165) is 10.4 Å². The predicted molar refractivity (Wildman–Crippen MR) is 71.2 cm³/mol. The summed E-state index contributed by atoms with van der Waals surface area (Å²) in [6, 6.07) is 6.34. The van der Waals surface area contributed by atoms with Crippen molar-refractivity contribution in [2.75, 3.05) is 4.72 Å². The highest BCUT2D eigenvalue weighted by Gasteiger charge is 2.16. The Hall–Kier alpha value is -1.71. The maximum absolute atomic E-state index is 12.0. The van der Waals surface area contributed by atoms with E-state index in [4.69, 9.17) is 5.73 Å². The van der Waals surface area contributed by atoms with Gasteiger partial charge in [0.05, 0.1) is 11.9 Å². The molecule has 0 aliphatic carbocycles. The third kappa shape index (κ3) is 3.63. The molecule has 0 spiro atoms. The number of aromatic nitrogens is 4. The van der Waals surface area contributed by atoms with Crippen LogP contribution in [0, 0.1) is 0 Å². The fraction of sp³-hybridized carbons (Fsp3) is 0.222. The zero-order valence-corrected chi connectivity index (χ0v) is 11.6. The SMILES string of the molecule is Cl.Cn1nnc(NS(=O)(=O)c2cccc(CN)c2)n1. The van der Waals surface area contributed by atoms with E-state index < -0.39 is 10.0 Å². The zero-order valence-electron chi connectivity index (χ0n) is 10.0. The van der Waals surface area contributed by atoms with Crippen molar-refractivity contribution in [3.8, 4) is 0 Å². The van der Waals surface area contributed by atoms with Gasteiger partial charge in [-0.15, -0.1) is 17.5 Å². The molecule has 0 saturated carbocycles. The minimum absolute atomic E-state index is 0. The maximum atomic E-state index is 12.0. The Morgan fingerprint density at radius 2 is 2.16 bits per heavy atom.